The van der Waals surface area contributed by atoms with Gasteiger partial charge in [-0.05, 0) is 6.92 Å². The number of imidazole rings is 1. The smallest absolute Gasteiger partial charge is 0.273 e. The largest absolute Gasteiger partial charge is 0.343 e. The molecule has 0 atom stereocenters. The number of rotatable bonds is 4. The fraction of sp³-hybridized carbons (Fsp3) is 0.267. The topological polar surface area (TPSA) is 69.3 Å². The van der Waals surface area contributed by atoms with Gasteiger partial charge in [-0.25, -0.2) is 4.98 Å². The summed E-state index contributed by atoms with van der Waals surface area (Å²) in [6, 6.07) is 7.77. The van der Waals surface area contributed by atoms with Crippen LogP contribution in [0.1, 0.15) is 16.1 Å². The van der Waals surface area contributed by atoms with Crippen LogP contribution in [0.5, 0.6) is 0 Å². The fourth-order valence-electron chi connectivity index (χ4n) is 1.89. The van der Waals surface area contributed by atoms with Crippen LogP contribution in [0.4, 0.5) is 5.82 Å². The Morgan fingerprint density at radius 1 is 1.19 bits per heavy atom. The minimum Gasteiger partial charge on any atom is -0.343 e. The van der Waals surface area contributed by atoms with Gasteiger partial charge in [-0.1, -0.05) is 29.8 Å². The quantitative estimate of drug-likeness (QED) is 0.869. The first-order valence-corrected chi connectivity index (χ1v) is 6.51. The van der Waals surface area contributed by atoms with E-state index in [9.17, 15) is 9.59 Å². The number of amides is 2. The molecule has 0 aliphatic rings. The number of anilines is 1. The summed E-state index contributed by atoms with van der Waals surface area (Å²) in [7, 11) is 4.87. The molecule has 0 bridgehead atoms. The van der Waals surface area contributed by atoms with Gasteiger partial charge >= 0.3 is 0 Å². The van der Waals surface area contributed by atoms with Gasteiger partial charge in [0.2, 0.25) is 6.41 Å². The van der Waals surface area contributed by atoms with Gasteiger partial charge in [0, 0.05) is 26.7 Å². The fourth-order valence-corrected chi connectivity index (χ4v) is 1.89. The highest BCUT2D eigenvalue weighted by atomic mass is 16.2. The molecule has 0 saturated carbocycles. The molecule has 21 heavy (non-hydrogen) atoms. The van der Waals surface area contributed by atoms with E-state index in [0.29, 0.717) is 23.7 Å². The molecule has 2 aromatic rings. The minimum atomic E-state index is -0.232. The molecule has 6 heteroatoms. The van der Waals surface area contributed by atoms with Crippen LogP contribution >= 0.6 is 0 Å². The highest BCUT2D eigenvalue weighted by Crippen LogP contribution is 2.24. The molecule has 1 aromatic heterocycles. The summed E-state index contributed by atoms with van der Waals surface area (Å²) < 4.78 is 0. The van der Waals surface area contributed by atoms with Crippen LogP contribution in [-0.4, -0.2) is 48.3 Å². The molecular weight excluding hydrogens is 268 g/mol. The Labute approximate surface area is 123 Å². The maximum absolute atomic E-state index is 12.2. The first kappa shape index (κ1) is 14.8. The molecule has 0 aliphatic heterocycles. The number of benzene rings is 1. The third-order valence-electron chi connectivity index (χ3n) is 3.12. The highest BCUT2D eigenvalue weighted by molar-refractivity contribution is 5.99. The molecule has 0 spiro atoms. The molecule has 110 valence electrons. The number of carbonyl (C=O) groups is 2. The van der Waals surface area contributed by atoms with E-state index in [1.165, 1.54) is 9.80 Å². The van der Waals surface area contributed by atoms with Crippen molar-refractivity contribution in [1.82, 2.24) is 14.9 Å². The number of carbonyl (C=O) groups excluding carboxylic acids is 2. The molecule has 1 aromatic carbocycles. The van der Waals surface area contributed by atoms with Crippen molar-refractivity contribution in [2.75, 3.05) is 26.0 Å². The van der Waals surface area contributed by atoms with E-state index in [1.54, 1.807) is 21.1 Å². The summed E-state index contributed by atoms with van der Waals surface area (Å²) in [5.74, 6) is 0.646. The molecule has 2 amide bonds. The minimum absolute atomic E-state index is 0.232. The molecule has 0 saturated heterocycles. The summed E-state index contributed by atoms with van der Waals surface area (Å²) in [5, 5.41) is 0. The molecule has 0 fully saturated rings. The number of H-pyrrole nitrogens is 1. The van der Waals surface area contributed by atoms with Crippen LogP contribution in [0.2, 0.25) is 0 Å². The van der Waals surface area contributed by atoms with Crippen LogP contribution in [0.3, 0.4) is 0 Å². The van der Waals surface area contributed by atoms with Gasteiger partial charge in [-0.2, -0.15) is 0 Å². The second-order valence-corrected chi connectivity index (χ2v) is 5.07. The maximum Gasteiger partial charge on any atom is 0.273 e. The summed E-state index contributed by atoms with van der Waals surface area (Å²) in [6.45, 7) is 2.00. The van der Waals surface area contributed by atoms with Gasteiger partial charge in [0.25, 0.3) is 5.91 Å². The van der Waals surface area contributed by atoms with E-state index in [0.717, 1.165) is 11.1 Å². The van der Waals surface area contributed by atoms with Crippen LogP contribution in [-0.2, 0) is 4.79 Å². The van der Waals surface area contributed by atoms with Crippen LogP contribution in [0.15, 0.2) is 24.3 Å². The lowest BCUT2D eigenvalue weighted by Gasteiger charge is -2.12. The average molecular weight is 286 g/mol. The van der Waals surface area contributed by atoms with Gasteiger partial charge in [0.15, 0.2) is 5.82 Å². The lowest BCUT2D eigenvalue weighted by molar-refractivity contribution is -0.107. The Bertz CT molecular complexity index is 659. The third kappa shape index (κ3) is 2.94. The van der Waals surface area contributed by atoms with Crippen molar-refractivity contribution in [1.29, 1.82) is 0 Å². The Kier molecular flexibility index (Phi) is 4.07. The third-order valence-corrected chi connectivity index (χ3v) is 3.12. The number of hydrogen-bond acceptors (Lipinski definition) is 3. The number of aromatic amines is 1. The Morgan fingerprint density at radius 2 is 1.81 bits per heavy atom. The predicted octanol–water partition coefficient (Wildman–Crippen LogP) is 1.68. The number of nitrogens with one attached hydrogen (secondary N) is 1. The maximum atomic E-state index is 12.2. The van der Waals surface area contributed by atoms with Gasteiger partial charge in [0.1, 0.15) is 11.5 Å². The molecule has 6 nitrogen and oxygen atoms in total. The second-order valence-electron chi connectivity index (χ2n) is 5.07. The number of nitrogens with zero attached hydrogens (tertiary/aromatic N) is 3. The molecule has 1 N–H and O–H groups in total. The predicted molar refractivity (Wildman–Crippen MR) is 81.2 cm³/mol. The molecule has 0 aliphatic carbocycles. The summed E-state index contributed by atoms with van der Waals surface area (Å²) in [6.07, 6.45) is 0.627. The van der Waals surface area contributed by atoms with Crippen molar-refractivity contribution < 1.29 is 9.59 Å². The highest BCUT2D eigenvalue weighted by Gasteiger charge is 2.22. The number of aryl methyl sites for hydroxylation is 1. The average Bonchev–Trinajstić information content (AvgIpc) is 2.91. The van der Waals surface area contributed by atoms with Crippen LogP contribution < -0.4 is 4.90 Å². The monoisotopic (exact) mass is 286 g/mol. The van der Waals surface area contributed by atoms with Crippen molar-refractivity contribution in [3.8, 4) is 11.4 Å². The first-order valence-electron chi connectivity index (χ1n) is 6.51. The zero-order valence-corrected chi connectivity index (χ0v) is 12.5. The Morgan fingerprint density at radius 3 is 2.33 bits per heavy atom. The van der Waals surface area contributed by atoms with Crippen molar-refractivity contribution >= 4 is 18.1 Å². The van der Waals surface area contributed by atoms with E-state index < -0.39 is 0 Å². The van der Waals surface area contributed by atoms with E-state index in [1.807, 2.05) is 31.2 Å². The van der Waals surface area contributed by atoms with Crippen molar-refractivity contribution in [2.24, 2.45) is 0 Å². The summed E-state index contributed by atoms with van der Waals surface area (Å²) in [5.41, 5.74) is 2.30. The van der Waals surface area contributed by atoms with Gasteiger partial charge in [0.05, 0.1) is 0 Å². The van der Waals surface area contributed by atoms with Crippen molar-refractivity contribution in [2.45, 2.75) is 6.92 Å². The van der Waals surface area contributed by atoms with Crippen molar-refractivity contribution in [3.63, 3.8) is 0 Å². The summed E-state index contributed by atoms with van der Waals surface area (Å²) in [4.78, 5) is 33.3. The van der Waals surface area contributed by atoms with Gasteiger partial charge in [-0.3, -0.25) is 9.59 Å². The molecular formula is C15H18N4O2. The first-order chi connectivity index (χ1) is 9.93. The molecule has 0 radical (unpaired) electrons. The van der Waals surface area contributed by atoms with Gasteiger partial charge in [-0.15, -0.1) is 0 Å². The standard InChI is InChI=1S/C15H18N4O2/c1-10-5-7-11(8-6-10)13-16-12(15(21)18(2)3)14(17-13)19(4)9-20/h5-9H,1-4H3,(H,16,17). The molecule has 2 rings (SSSR count). The zero-order chi connectivity index (χ0) is 15.6. The Balaban J connectivity index is 2.52. The zero-order valence-electron chi connectivity index (χ0n) is 12.5. The second kappa shape index (κ2) is 5.78. The van der Waals surface area contributed by atoms with E-state index in [-0.39, 0.29) is 5.91 Å². The Hall–Kier alpha value is -2.63. The van der Waals surface area contributed by atoms with Crippen LogP contribution in [0, 0.1) is 6.92 Å². The molecule has 0 unspecified atom stereocenters. The normalized spacial score (nSPS) is 10.3. The van der Waals surface area contributed by atoms with E-state index in [4.69, 9.17) is 0 Å². The lowest BCUT2D eigenvalue weighted by atomic mass is 10.1. The van der Waals surface area contributed by atoms with Gasteiger partial charge < -0.3 is 14.8 Å². The summed E-state index contributed by atoms with van der Waals surface area (Å²) >= 11 is 0. The number of hydrogen-bond donors (Lipinski definition) is 1. The SMILES string of the molecule is Cc1ccc(-c2nc(N(C)C=O)c(C(=O)N(C)C)[nH]2)cc1. The molecule has 1 heterocycles. The van der Waals surface area contributed by atoms with Crippen LogP contribution in [0.25, 0.3) is 11.4 Å². The van der Waals surface area contributed by atoms with E-state index in [2.05, 4.69) is 9.97 Å². The van der Waals surface area contributed by atoms with E-state index >= 15 is 0 Å². The number of aromatic nitrogens is 2. The van der Waals surface area contributed by atoms with Crippen molar-refractivity contribution in [3.05, 3.63) is 35.5 Å². The lowest BCUT2D eigenvalue weighted by Crippen LogP contribution is -2.25.